The zero-order valence-corrected chi connectivity index (χ0v) is 14.7. The molecule has 0 aliphatic heterocycles. The van der Waals surface area contributed by atoms with Crippen molar-refractivity contribution >= 4 is 11.9 Å². The first-order valence-corrected chi connectivity index (χ1v) is 8.60. The summed E-state index contributed by atoms with van der Waals surface area (Å²) in [5.74, 6) is -1.68. The van der Waals surface area contributed by atoms with E-state index in [1.54, 1.807) is 13.8 Å². The third-order valence-electron chi connectivity index (χ3n) is 4.02. The van der Waals surface area contributed by atoms with E-state index in [4.69, 9.17) is 9.47 Å². The normalized spacial score (nSPS) is 12.9. The lowest BCUT2D eigenvalue weighted by Gasteiger charge is -2.22. The number of carbonyl (C=O) groups is 2. The van der Waals surface area contributed by atoms with E-state index in [2.05, 4.69) is 0 Å². The fraction of sp³-hybridized carbons (Fsp3) is 0.333. The monoisotopic (exact) mass is 340 g/mol. The lowest BCUT2D eigenvalue weighted by atomic mass is 9.85. The van der Waals surface area contributed by atoms with Crippen LogP contribution in [0.4, 0.5) is 0 Å². The molecule has 0 N–H and O–H groups in total. The highest BCUT2D eigenvalue weighted by Crippen LogP contribution is 2.32. The number of hydrogen-bond acceptors (Lipinski definition) is 4. The number of ether oxygens (including phenoxy) is 2. The summed E-state index contributed by atoms with van der Waals surface area (Å²) in [4.78, 5) is 25.0. The minimum Gasteiger partial charge on any atom is -0.466 e. The summed E-state index contributed by atoms with van der Waals surface area (Å²) in [5.41, 5.74) is 1.68. The highest BCUT2D eigenvalue weighted by atomic mass is 16.5. The average Bonchev–Trinajstić information content (AvgIpc) is 2.64. The second kappa shape index (κ2) is 9.62. The zero-order valence-electron chi connectivity index (χ0n) is 14.7. The van der Waals surface area contributed by atoms with Gasteiger partial charge in [0, 0.05) is 0 Å². The zero-order chi connectivity index (χ0) is 18.1. The predicted molar refractivity (Wildman–Crippen MR) is 96.2 cm³/mol. The predicted octanol–water partition coefficient (Wildman–Crippen LogP) is 4.07. The number of carbonyl (C=O) groups excluding carboxylic acids is 2. The number of benzene rings is 2. The molecule has 0 aliphatic rings. The molecule has 0 bridgehead atoms. The highest BCUT2D eigenvalue weighted by molar-refractivity contribution is 5.82. The second-order valence-electron chi connectivity index (χ2n) is 5.67. The van der Waals surface area contributed by atoms with Crippen molar-refractivity contribution in [2.75, 3.05) is 13.2 Å². The standard InChI is InChI=1S/C21H24O4/c1-3-24-20(22)18(16-11-7-5-8-12-16)15-19(21(23)25-4-2)17-13-9-6-10-14-17/h5-14,18-19H,3-4,15H2,1-2H3/t18-,19+. The van der Waals surface area contributed by atoms with Crippen molar-refractivity contribution in [1.82, 2.24) is 0 Å². The van der Waals surface area contributed by atoms with Crippen LogP contribution in [0.1, 0.15) is 43.2 Å². The topological polar surface area (TPSA) is 52.6 Å². The molecule has 2 atom stereocenters. The van der Waals surface area contributed by atoms with Crippen molar-refractivity contribution in [1.29, 1.82) is 0 Å². The molecule has 0 aromatic heterocycles. The van der Waals surface area contributed by atoms with Crippen molar-refractivity contribution in [3.63, 3.8) is 0 Å². The lowest BCUT2D eigenvalue weighted by Crippen LogP contribution is -2.24. The van der Waals surface area contributed by atoms with Crippen LogP contribution in [0.15, 0.2) is 60.7 Å². The molecule has 0 saturated carbocycles. The molecular formula is C21H24O4. The van der Waals surface area contributed by atoms with Gasteiger partial charge < -0.3 is 9.47 Å². The summed E-state index contributed by atoms with van der Waals surface area (Å²) in [6.45, 7) is 4.16. The van der Waals surface area contributed by atoms with Crippen LogP contribution >= 0.6 is 0 Å². The van der Waals surface area contributed by atoms with Crippen LogP contribution in [-0.4, -0.2) is 25.2 Å². The van der Waals surface area contributed by atoms with E-state index >= 15 is 0 Å². The number of rotatable bonds is 8. The van der Waals surface area contributed by atoms with Gasteiger partial charge >= 0.3 is 11.9 Å². The van der Waals surface area contributed by atoms with Crippen LogP contribution in [0, 0.1) is 0 Å². The van der Waals surface area contributed by atoms with Crippen molar-refractivity contribution in [2.24, 2.45) is 0 Å². The third kappa shape index (κ3) is 5.18. The smallest absolute Gasteiger partial charge is 0.313 e. The first-order valence-electron chi connectivity index (χ1n) is 8.60. The molecule has 132 valence electrons. The van der Waals surface area contributed by atoms with E-state index in [1.807, 2.05) is 60.7 Å². The van der Waals surface area contributed by atoms with Gasteiger partial charge in [0.05, 0.1) is 25.0 Å². The first kappa shape index (κ1) is 18.7. The maximum Gasteiger partial charge on any atom is 0.313 e. The van der Waals surface area contributed by atoms with Crippen LogP contribution in [0.25, 0.3) is 0 Å². The molecule has 2 aromatic carbocycles. The molecule has 0 fully saturated rings. The summed E-state index contributed by atoms with van der Waals surface area (Å²) >= 11 is 0. The first-order chi connectivity index (χ1) is 12.2. The molecule has 0 heterocycles. The Balaban J connectivity index is 2.34. The van der Waals surface area contributed by atoms with Gasteiger partial charge in [-0.2, -0.15) is 0 Å². The molecule has 2 aromatic rings. The van der Waals surface area contributed by atoms with Crippen molar-refractivity contribution in [3.05, 3.63) is 71.8 Å². The van der Waals surface area contributed by atoms with E-state index in [-0.39, 0.29) is 11.9 Å². The summed E-state index contributed by atoms with van der Waals surface area (Å²) < 4.78 is 10.5. The molecule has 0 amide bonds. The number of esters is 2. The van der Waals surface area contributed by atoms with Gasteiger partial charge in [-0.3, -0.25) is 9.59 Å². The van der Waals surface area contributed by atoms with Gasteiger partial charge in [-0.1, -0.05) is 60.7 Å². The summed E-state index contributed by atoms with van der Waals surface area (Å²) in [6.07, 6.45) is 0.311. The summed E-state index contributed by atoms with van der Waals surface area (Å²) in [6, 6.07) is 18.8. The molecule has 0 radical (unpaired) electrons. The lowest BCUT2D eigenvalue weighted by molar-refractivity contribution is -0.147. The fourth-order valence-electron chi connectivity index (χ4n) is 2.83. The van der Waals surface area contributed by atoms with Crippen LogP contribution in [0.5, 0.6) is 0 Å². The fourth-order valence-corrected chi connectivity index (χ4v) is 2.83. The van der Waals surface area contributed by atoms with E-state index in [1.165, 1.54) is 0 Å². The summed E-state index contributed by atoms with van der Waals surface area (Å²) in [5, 5.41) is 0. The summed E-state index contributed by atoms with van der Waals surface area (Å²) in [7, 11) is 0. The van der Waals surface area contributed by atoms with Crippen LogP contribution < -0.4 is 0 Å². The van der Waals surface area contributed by atoms with Gasteiger partial charge in [-0.05, 0) is 31.4 Å². The second-order valence-corrected chi connectivity index (χ2v) is 5.67. The minimum atomic E-state index is -0.518. The molecule has 0 saturated heterocycles. The molecule has 2 rings (SSSR count). The maximum absolute atomic E-state index is 12.5. The maximum atomic E-state index is 12.5. The molecule has 4 heteroatoms. The van der Waals surface area contributed by atoms with E-state index in [9.17, 15) is 9.59 Å². The Hall–Kier alpha value is -2.62. The van der Waals surface area contributed by atoms with Gasteiger partial charge in [0.1, 0.15) is 0 Å². The highest BCUT2D eigenvalue weighted by Gasteiger charge is 2.31. The SMILES string of the molecule is CCOC(=O)[C@@H](C[C@@H](C(=O)OCC)c1ccccc1)c1ccccc1. The molecule has 0 unspecified atom stereocenters. The van der Waals surface area contributed by atoms with Crippen molar-refractivity contribution in [3.8, 4) is 0 Å². The van der Waals surface area contributed by atoms with Crippen molar-refractivity contribution in [2.45, 2.75) is 32.1 Å². The largest absolute Gasteiger partial charge is 0.466 e. The van der Waals surface area contributed by atoms with E-state index in [0.29, 0.717) is 19.6 Å². The van der Waals surface area contributed by atoms with Gasteiger partial charge in [0.25, 0.3) is 0 Å². The van der Waals surface area contributed by atoms with E-state index in [0.717, 1.165) is 11.1 Å². The van der Waals surface area contributed by atoms with E-state index < -0.39 is 11.8 Å². The van der Waals surface area contributed by atoms with Crippen molar-refractivity contribution < 1.29 is 19.1 Å². The van der Waals surface area contributed by atoms with Crippen LogP contribution in [0.2, 0.25) is 0 Å². The third-order valence-corrected chi connectivity index (χ3v) is 4.02. The molecular weight excluding hydrogens is 316 g/mol. The Morgan fingerprint density at radius 2 is 1.08 bits per heavy atom. The number of hydrogen-bond donors (Lipinski definition) is 0. The van der Waals surface area contributed by atoms with Gasteiger partial charge in [0.2, 0.25) is 0 Å². The molecule has 0 aliphatic carbocycles. The van der Waals surface area contributed by atoms with Crippen LogP contribution in [-0.2, 0) is 19.1 Å². The van der Waals surface area contributed by atoms with Gasteiger partial charge in [0.15, 0.2) is 0 Å². The average molecular weight is 340 g/mol. The molecule has 25 heavy (non-hydrogen) atoms. The van der Waals surface area contributed by atoms with Crippen LogP contribution in [0.3, 0.4) is 0 Å². The minimum absolute atomic E-state index is 0.303. The Labute approximate surface area is 148 Å². The Bertz CT molecular complexity index is 607. The Morgan fingerprint density at radius 3 is 1.40 bits per heavy atom. The Kier molecular flexibility index (Phi) is 7.20. The Morgan fingerprint density at radius 1 is 0.720 bits per heavy atom. The molecule has 4 nitrogen and oxygen atoms in total. The molecule has 0 spiro atoms. The van der Waals surface area contributed by atoms with Gasteiger partial charge in [-0.25, -0.2) is 0 Å². The quantitative estimate of drug-likeness (QED) is 0.680. The van der Waals surface area contributed by atoms with Gasteiger partial charge in [-0.15, -0.1) is 0 Å².